The van der Waals surface area contributed by atoms with Crippen LogP contribution in [-0.2, 0) is 16.1 Å². The summed E-state index contributed by atoms with van der Waals surface area (Å²) in [7, 11) is 0. The van der Waals surface area contributed by atoms with Crippen LogP contribution >= 0.6 is 27.5 Å². The van der Waals surface area contributed by atoms with E-state index in [4.69, 9.17) is 16.3 Å². The number of rotatable bonds is 5. The van der Waals surface area contributed by atoms with Crippen LogP contribution in [0.3, 0.4) is 0 Å². The smallest absolute Gasteiger partial charge is 0.379 e. The topological polar surface area (TPSA) is 61.2 Å². The third-order valence-electron chi connectivity index (χ3n) is 4.03. The number of fused-ring (bicyclic) bond motifs is 1. The number of ether oxygens (including phenoxy) is 1. The second-order valence-electron chi connectivity index (χ2n) is 5.72. The fourth-order valence-electron chi connectivity index (χ4n) is 2.75. The Morgan fingerprint density at radius 3 is 2.73 bits per heavy atom. The van der Waals surface area contributed by atoms with Crippen molar-refractivity contribution in [1.82, 2.24) is 9.78 Å². The Balaban J connectivity index is 2.05. The van der Waals surface area contributed by atoms with E-state index in [1.165, 1.54) is 0 Å². The zero-order valence-electron chi connectivity index (χ0n) is 14.3. The van der Waals surface area contributed by atoms with Crippen molar-refractivity contribution in [2.75, 3.05) is 6.61 Å². The molecule has 0 N–H and O–H groups in total. The van der Waals surface area contributed by atoms with Crippen molar-refractivity contribution in [3.05, 3.63) is 62.7 Å². The number of esters is 1. The third-order valence-corrected chi connectivity index (χ3v) is 5.13. The van der Waals surface area contributed by atoms with Gasteiger partial charge in [-0.25, -0.2) is 4.79 Å². The Labute approximate surface area is 164 Å². The molecule has 0 bridgehead atoms. The van der Waals surface area contributed by atoms with Crippen molar-refractivity contribution in [2.45, 2.75) is 20.4 Å². The number of ketones is 1. The SMILES string of the molecule is CCOC(=O)C(=O)c1ccc2c(C)nn(Cc3c(Cl)cccc3Br)c2c1. The van der Waals surface area contributed by atoms with Gasteiger partial charge in [0.25, 0.3) is 5.78 Å². The first kappa shape index (κ1) is 18.6. The normalized spacial score (nSPS) is 10.9. The standard InChI is InChI=1S/C19H16BrClN2O3/c1-3-26-19(25)18(24)12-7-8-13-11(2)22-23(17(13)9-12)10-14-15(20)5-4-6-16(14)21/h4-9H,3,10H2,1-2H3. The first-order valence-electron chi connectivity index (χ1n) is 8.04. The Hall–Kier alpha value is -2.18. The number of carbonyl (C=O) groups is 2. The summed E-state index contributed by atoms with van der Waals surface area (Å²) in [6.45, 7) is 4.15. The molecule has 134 valence electrons. The van der Waals surface area contributed by atoms with E-state index in [1.807, 2.05) is 25.1 Å². The third kappa shape index (κ3) is 3.52. The average Bonchev–Trinajstić information content (AvgIpc) is 2.93. The van der Waals surface area contributed by atoms with Gasteiger partial charge in [-0.05, 0) is 38.1 Å². The first-order chi connectivity index (χ1) is 12.4. The van der Waals surface area contributed by atoms with Crippen LogP contribution in [0, 0.1) is 6.92 Å². The second-order valence-corrected chi connectivity index (χ2v) is 6.99. The summed E-state index contributed by atoms with van der Waals surface area (Å²) < 4.78 is 7.45. The van der Waals surface area contributed by atoms with Crippen LogP contribution in [0.2, 0.25) is 5.02 Å². The largest absolute Gasteiger partial charge is 0.460 e. The summed E-state index contributed by atoms with van der Waals surface area (Å²) in [5.41, 5.74) is 2.75. The zero-order valence-corrected chi connectivity index (χ0v) is 16.6. The molecule has 1 aromatic heterocycles. The van der Waals surface area contributed by atoms with E-state index >= 15 is 0 Å². The number of benzene rings is 2. The summed E-state index contributed by atoms with van der Waals surface area (Å²) in [6, 6.07) is 10.7. The molecule has 0 aliphatic rings. The van der Waals surface area contributed by atoms with Crippen LogP contribution in [-0.4, -0.2) is 28.1 Å². The van der Waals surface area contributed by atoms with E-state index < -0.39 is 11.8 Å². The maximum Gasteiger partial charge on any atom is 0.379 e. The van der Waals surface area contributed by atoms with Gasteiger partial charge in [-0.1, -0.05) is 39.7 Å². The number of aromatic nitrogens is 2. The van der Waals surface area contributed by atoms with Crippen molar-refractivity contribution < 1.29 is 14.3 Å². The molecular formula is C19H16BrClN2O3. The van der Waals surface area contributed by atoms with Gasteiger partial charge in [0.15, 0.2) is 0 Å². The molecule has 0 unspecified atom stereocenters. The van der Waals surface area contributed by atoms with E-state index in [0.29, 0.717) is 11.6 Å². The number of nitrogens with zero attached hydrogens (tertiary/aromatic N) is 2. The minimum atomic E-state index is -0.858. The summed E-state index contributed by atoms with van der Waals surface area (Å²) >= 11 is 9.82. The molecule has 0 fully saturated rings. The lowest BCUT2D eigenvalue weighted by atomic mass is 10.1. The molecule has 26 heavy (non-hydrogen) atoms. The Kier molecular flexibility index (Phi) is 5.44. The average molecular weight is 436 g/mol. The molecule has 0 saturated carbocycles. The number of hydrogen-bond acceptors (Lipinski definition) is 4. The summed E-state index contributed by atoms with van der Waals surface area (Å²) in [6.07, 6.45) is 0. The van der Waals surface area contributed by atoms with E-state index in [-0.39, 0.29) is 12.2 Å². The molecule has 0 radical (unpaired) electrons. The maximum absolute atomic E-state index is 12.2. The Morgan fingerprint density at radius 1 is 1.27 bits per heavy atom. The van der Waals surface area contributed by atoms with Gasteiger partial charge in [-0.15, -0.1) is 0 Å². The molecule has 1 heterocycles. The number of aryl methyl sites for hydroxylation is 1. The van der Waals surface area contributed by atoms with Crippen LogP contribution in [0.15, 0.2) is 40.9 Å². The number of Topliss-reactive ketones (excluding diaryl/α,β-unsaturated/α-hetero) is 1. The highest BCUT2D eigenvalue weighted by Crippen LogP contribution is 2.28. The molecule has 0 spiro atoms. The fourth-order valence-corrected chi connectivity index (χ4v) is 3.59. The van der Waals surface area contributed by atoms with E-state index in [1.54, 1.807) is 29.8 Å². The molecule has 0 amide bonds. The minimum Gasteiger partial charge on any atom is -0.460 e. The van der Waals surface area contributed by atoms with Crippen LogP contribution in [0.25, 0.3) is 10.9 Å². The van der Waals surface area contributed by atoms with Gasteiger partial charge in [-0.3, -0.25) is 9.48 Å². The van der Waals surface area contributed by atoms with E-state index in [9.17, 15) is 9.59 Å². The van der Waals surface area contributed by atoms with Crippen LogP contribution in [0.4, 0.5) is 0 Å². The monoisotopic (exact) mass is 434 g/mol. The van der Waals surface area contributed by atoms with Crippen molar-refractivity contribution in [1.29, 1.82) is 0 Å². The molecule has 3 rings (SSSR count). The molecule has 3 aromatic rings. The van der Waals surface area contributed by atoms with Gasteiger partial charge in [0, 0.05) is 26.0 Å². The van der Waals surface area contributed by atoms with Gasteiger partial charge in [-0.2, -0.15) is 5.10 Å². The highest BCUT2D eigenvalue weighted by molar-refractivity contribution is 9.10. The Bertz CT molecular complexity index is 993. The molecule has 0 aliphatic carbocycles. The molecule has 7 heteroatoms. The Morgan fingerprint density at radius 2 is 2.04 bits per heavy atom. The predicted octanol–water partition coefficient (Wildman–Crippen LogP) is 4.55. The minimum absolute atomic E-state index is 0.157. The molecule has 0 saturated heterocycles. The summed E-state index contributed by atoms with van der Waals surface area (Å²) in [4.78, 5) is 24.0. The second kappa shape index (κ2) is 7.60. The van der Waals surface area contributed by atoms with Gasteiger partial charge >= 0.3 is 5.97 Å². The highest BCUT2D eigenvalue weighted by Gasteiger charge is 2.19. The van der Waals surface area contributed by atoms with E-state index in [0.717, 1.165) is 26.6 Å². The highest BCUT2D eigenvalue weighted by atomic mass is 79.9. The van der Waals surface area contributed by atoms with Gasteiger partial charge in [0.1, 0.15) is 0 Å². The van der Waals surface area contributed by atoms with Gasteiger partial charge in [0.2, 0.25) is 0 Å². The van der Waals surface area contributed by atoms with Crippen LogP contribution < -0.4 is 0 Å². The summed E-state index contributed by atoms with van der Waals surface area (Å²) in [5, 5.41) is 6.09. The van der Waals surface area contributed by atoms with Crippen molar-refractivity contribution in [2.24, 2.45) is 0 Å². The molecular weight excluding hydrogens is 420 g/mol. The molecule has 0 atom stereocenters. The first-order valence-corrected chi connectivity index (χ1v) is 9.21. The van der Waals surface area contributed by atoms with Gasteiger partial charge < -0.3 is 4.74 Å². The zero-order chi connectivity index (χ0) is 18.8. The number of carbonyl (C=O) groups excluding carboxylic acids is 2. The summed E-state index contributed by atoms with van der Waals surface area (Å²) in [5.74, 6) is -1.53. The van der Waals surface area contributed by atoms with Crippen molar-refractivity contribution in [3.8, 4) is 0 Å². The number of hydrogen-bond donors (Lipinski definition) is 0. The van der Waals surface area contributed by atoms with Crippen LogP contribution in [0.1, 0.15) is 28.5 Å². The maximum atomic E-state index is 12.2. The quantitative estimate of drug-likeness (QED) is 0.335. The van der Waals surface area contributed by atoms with Crippen LogP contribution in [0.5, 0.6) is 0 Å². The fraction of sp³-hybridized carbons (Fsp3) is 0.211. The molecule has 5 nitrogen and oxygen atoms in total. The molecule has 0 aliphatic heterocycles. The van der Waals surface area contributed by atoms with E-state index in [2.05, 4.69) is 21.0 Å². The van der Waals surface area contributed by atoms with Crippen molar-refractivity contribution in [3.63, 3.8) is 0 Å². The lowest BCUT2D eigenvalue weighted by Crippen LogP contribution is -2.17. The van der Waals surface area contributed by atoms with Gasteiger partial charge in [0.05, 0.1) is 24.4 Å². The molecule has 2 aromatic carbocycles. The lowest BCUT2D eigenvalue weighted by molar-refractivity contribution is -0.137. The van der Waals surface area contributed by atoms with Crippen molar-refractivity contribution >= 4 is 50.2 Å². The lowest BCUT2D eigenvalue weighted by Gasteiger charge is -2.09. The predicted molar refractivity (Wildman–Crippen MR) is 104 cm³/mol. The number of halogens is 2.